The average molecular weight is 356 g/mol. The quantitative estimate of drug-likeness (QED) is 0.450. The van der Waals surface area contributed by atoms with Crippen LogP contribution in [0.4, 0.5) is 0 Å². The van der Waals surface area contributed by atoms with E-state index in [4.69, 9.17) is 0 Å². The second-order valence-corrected chi connectivity index (χ2v) is 7.65. The van der Waals surface area contributed by atoms with E-state index in [9.17, 15) is 4.79 Å². The third-order valence-corrected chi connectivity index (χ3v) is 5.93. The van der Waals surface area contributed by atoms with Crippen molar-refractivity contribution in [3.63, 3.8) is 0 Å². The van der Waals surface area contributed by atoms with Gasteiger partial charge in [0.15, 0.2) is 4.96 Å². The molecule has 0 aliphatic carbocycles. The number of fused-ring (bicyclic) bond motifs is 4. The minimum absolute atomic E-state index is 0.00341. The number of aryl methyl sites for hydroxylation is 2. The number of nitrogens with zero attached hydrogens (tertiary/aromatic N) is 2. The van der Waals surface area contributed by atoms with E-state index in [0.717, 1.165) is 26.9 Å². The lowest BCUT2D eigenvalue weighted by molar-refractivity contribution is 1.18. The Balaban J connectivity index is 1.82. The van der Waals surface area contributed by atoms with Crippen molar-refractivity contribution in [2.75, 3.05) is 0 Å². The van der Waals surface area contributed by atoms with Crippen LogP contribution in [0.15, 0.2) is 59.4 Å². The Hall–Kier alpha value is -2.98. The van der Waals surface area contributed by atoms with Gasteiger partial charge in [0, 0.05) is 0 Å². The predicted octanol–water partition coefficient (Wildman–Crippen LogP) is 4.23. The normalized spacial score (nSPS) is 12.6. The van der Waals surface area contributed by atoms with Gasteiger partial charge < -0.3 is 0 Å². The first-order valence-electron chi connectivity index (χ1n) is 8.53. The highest BCUT2D eigenvalue weighted by molar-refractivity contribution is 7.15. The number of hydrogen-bond donors (Lipinski definition) is 0. The molecular formula is C22H16N2OS. The van der Waals surface area contributed by atoms with Crippen molar-refractivity contribution in [1.29, 1.82) is 0 Å². The third-order valence-electron chi connectivity index (χ3n) is 4.96. The van der Waals surface area contributed by atoms with Crippen molar-refractivity contribution in [1.82, 2.24) is 9.38 Å². The maximum absolute atomic E-state index is 13.0. The summed E-state index contributed by atoms with van der Waals surface area (Å²) in [5, 5.41) is 2.32. The molecule has 5 aromatic rings. The largest absolute Gasteiger partial charge is 0.274 e. The number of hydrogen-bond acceptors (Lipinski definition) is 3. The first-order chi connectivity index (χ1) is 12.6. The van der Waals surface area contributed by atoms with Gasteiger partial charge in [-0.3, -0.25) is 4.79 Å². The summed E-state index contributed by atoms with van der Waals surface area (Å²) in [4.78, 5) is 18.5. The van der Waals surface area contributed by atoms with Crippen molar-refractivity contribution >= 4 is 44.2 Å². The second-order valence-electron chi connectivity index (χ2n) is 6.64. The van der Waals surface area contributed by atoms with Gasteiger partial charge >= 0.3 is 0 Å². The molecule has 0 amide bonds. The summed E-state index contributed by atoms with van der Waals surface area (Å²) in [5.41, 5.74) is 5.20. The Morgan fingerprint density at radius 3 is 2.65 bits per heavy atom. The highest BCUT2D eigenvalue weighted by Crippen LogP contribution is 2.22. The molecule has 126 valence electrons. The number of benzene rings is 3. The molecule has 0 aliphatic rings. The van der Waals surface area contributed by atoms with Gasteiger partial charge in [-0.2, -0.15) is 0 Å². The molecule has 3 aromatic carbocycles. The van der Waals surface area contributed by atoms with Crippen LogP contribution in [0.25, 0.3) is 32.8 Å². The first kappa shape index (κ1) is 15.3. The summed E-state index contributed by atoms with van der Waals surface area (Å²) in [6.07, 6.45) is 1.98. The fourth-order valence-corrected chi connectivity index (χ4v) is 4.41. The van der Waals surface area contributed by atoms with Gasteiger partial charge in [-0.05, 0) is 59.5 Å². The maximum atomic E-state index is 13.0. The molecule has 0 saturated heterocycles. The maximum Gasteiger partial charge on any atom is 0.274 e. The van der Waals surface area contributed by atoms with Crippen LogP contribution < -0.4 is 10.1 Å². The zero-order valence-electron chi connectivity index (χ0n) is 14.5. The minimum atomic E-state index is 0.00341. The van der Waals surface area contributed by atoms with Gasteiger partial charge in [0.05, 0.1) is 15.6 Å². The molecule has 0 N–H and O–H groups in total. The highest BCUT2D eigenvalue weighted by atomic mass is 32.1. The summed E-state index contributed by atoms with van der Waals surface area (Å²) in [6.45, 7) is 4.13. The number of rotatable bonds is 1. The summed E-state index contributed by atoms with van der Waals surface area (Å²) in [6, 6.07) is 18.5. The van der Waals surface area contributed by atoms with E-state index in [2.05, 4.69) is 55.2 Å². The van der Waals surface area contributed by atoms with E-state index in [1.165, 1.54) is 27.8 Å². The Labute approximate surface area is 153 Å². The summed E-state index contributed by atoms with van der Waals surface area (Å²) >= 11 is 1.45. The fourth-order valence-electron chi connectivity index (χ4n) is 3.44. The van der Waals surface area contributed by atoms with Crippen LogP contribution in [-0.4, -0.2) is 9.38 Å². The Bertz CT molecular complexity index is 1420. The highest BCUT2D eigenvalue weighted by Gasteiger charge is 2.12. The molecule has 5 rings (SSSR count). The topological polar surface area (TPSA) is 34.4 Å². The second kappa shape index (κ2) is 5.51. The Morgan fingerprint density at radius 2 is 1.77 bits per heavy atom. The molecule has 0 radical (unpaired) electrons. The molecule has 2 aromatic heterocycles. The van der Waals surface area contributed by atoms with Crippen molar-refractivity contribution in [3.8, 4) is 0 Å². The molecule has 26 heavy (non-hydrogen) atoms. The molecule has 4 heteroatoms. The van der Waals surface area contributed by atoms with E-state index in [1.54, 1.807) is 4.40 Å². The number of aromatic nitrogens is 2. The lowest BCUT2D eigenvalue weighted by Crippen LogP contribution is -2.22. The molecule has 0 unspecified atom stereocenters. The predicted molar refractivity (Wildman–Crippen MR) is 109 cm³/mol. The average Bonchev–Trinajstić information content (AvgIpc) is 3.12. The summed E-state index contributed by atoms with van der Waals surface area (Å²) in [7, 11) is 0. The molecule has 0 atom stereocenters. The van der Waals surface area contributed by atoms with Crippen LogP contribution in [0.5, 0.6) is 0 Å². The van der Waals surface area contributed by atoms with Crippen molar-refractivity contribution in [2.24, 2.45) is 0 Å². The van der Waals surface area contributed by atoms with E-state index in [-0.39, 0.29) is 5.56 Å². The molecular weight excluding hydrogens is 340 g/mol. The number of thiazole rings is 1. The SMILES string of the molecule is Cc1cc2nc3sc(=Cc4cccc5ccccc45)c(=O)n3c2cc1C. The zero-order valence-corrected chi connectivity index (χ0v) is 15.3. The summed E-state index contributed by atoms with van der Waals surface area (Å²) < 4.78 is 2.45. The molecule has 0 fully saturated rings. The Morgan fingerprint density at radius 1 is 1.00 bits per heavy atom. The molecule has 0 saturated carbocycles. The molecule has 0 spiro atoms. The molecule has 0 aliphatic heterocycles. The monoisotopic (exact) mass is 356 g/mol. The van der Waals surface area contributed by atoms with Gasteiger partial charge in [-0.1, -0.05) is 53.8 Å². The van der Waals surface area contributed by atoms with E-state index >= 15 is 0 Å². The fraction of sp³-hybridized carbons (Fsp3) is 0.0909. The van der Waals surface area contributed by atoms with E-state index < -0.39 is 0 Å². The first-order valence-corrected chi connectivity index (χ1v) is 9.35. The van der Waals surface area contributed by atoms with Crippen molar-refractivity contribution < 1.29 is 0 Å². The Kier molecular flexibility index (Phi) is 3.24. The van der Waals surface area contributed by atoms with Gasteiger partial charge in [0.25, 0.3) is 5.56 Å². The zero-order chi connectivity index (χ0) is 17.8. The van der Waals surface area contributed by atoms with Crippen LogP contribution in [0, 0.1) is 13.8 Å². The summed E-state index contributed by atoms with van der Waals surface area (Å²) in [5.74, 6) is 0. The van der Waals surface area contributed by atoms with Crippen LogP contribution in [0.3, 0.4) is 0 Å². The smallest absolute Gasteiger partial charge is 0.267 e. The molecule has 2 heterocycles. The minimum Gasteiger partial charge on any atom is -0.267 e. The number of imidazole rings is 1. The van der Waals surface area contributed by atoms with Crippen molar-refractivity contribution in [2.45, 2.75) is 13.8 Å². The standard InChI is InChI=1S/C22H16N2OS/c1-13-10-18-19(11-14(13)2)24-21(25)20(26-22(24)23-18)12-16-8-5-7-15-6-3-4-9-17(15)16/h3-12H,1-2H3. The van der Waals surface area contributed by atoms with E-state index in [0.29, 0.717) is 4.53 Å². The molecule has 0 bridgehead atoms. The van der Waals surface area contributed by atoms with Gasteiger partial charge in [0.1, 0.15) is 0 Å². The lowest BCUT2D eigenvalue weighted by Gasteiger charge is -2.00. The van der Waals surface area contributed by atoms with E-state index in [1.807, 2.05) is 24.3 Å². The van der Waals surface area contributed by atoms with Gasteiger partial charge in [-0.15, -0.1) is 0 Å². The van der Waals surface area contributed by atoms with Crippen molar-refractivity contribution in [3.05, 3.63) is 86.2 Å². The van der Waals surface area contributed by atoms with Crippen LogP contribution in [-0.2, 0) is 0 Å². The third kappa shape index (κ3) is 2.19. The lowest BCUT2D eigenvalue weighted by atomic mass is 10.0. The van der Waals surface area contributed by atoms with Crippen LogP contribution in [0.2, 0.25) is 0 Å². The van der Waals surface area contributed by atoms with Crippen LogP contribution in [0.1, 0.15) is 16.7 Å². The van der Waals surface area contributed by atoms with Crippen LogP contribution >= 0.6 is 11.3 Å². The molecule has 3 nitrogen and oxygen atoms in total. The van der Waals surface area contributed by atoms with Gasteiger partial charge in [0.2, 0.25) is 0 Å². The van der Waals surface area contributed by atoms with Gasteiger partial charge in [-0.25, -0.2) is 9.38 Å².